The minimum absolute atomic E-state index is 0.120. The lowest BCUT2D eigenvalue weighted by Gasteiger charge is -2.44. The Morgan fingerprint density at radius 1 is 1.03 bits per heavy atom. The summed E-state index contributed by atoms with van der Waals surface area (Å²) >= 11 is 0. The Hall–Kier alpha value is -2.72. The van der Waals surface area contributed by atoms with Crippen molar-refractivity contribution in [3.05, 3.63) is 83.6 Å². The zero-order chi connectivity index (χ0) is 21.8. The number of ether oxygens (including phenoxy) is 2. The zero-order valence-corrected chi connectivity index (χ0v) is 18.7. The minimum atomic E-state index is -0.760. The van der Waals surface area contributed by atoms with Crippen LogP contribution in [-0.4, -0.2) is 24.4 Å². The van der Waals surface area contributed by atoms with E-state index in [1.165, 1.54) is 18.4 Å². The first-order chi connectivity index (χ1) is 15.1. The normalized spacial score (nSPS) is 23.0. The molecule has 2 aromatic rings. The van der Waals surface area contributed by atoms with Crippen molar-refractivity contribution in [3.63, 3.8) is 0 Å². The van der Waals surface area contributed by atoms with Crippen molar-refractivity contribution in [2.45, 2.75) is 63.2 Å². The monoisotopic (exact) mass is 419 g/mol. The molecular weight excluding hydrogens is 386 g/mol. The lowest BCUT2D eigenvalue weighted by atomic mass is 9.71. The molecule has 2 aliphatic rings. The van der Waals surface area contributed by atoms with Crippen molar-refractivity contribution in [2.24, 2.45) is 0 Å². The Balaban J connectivity index is 1.78. The fourth-order valence-corrected chi connectivity index (χ4v) is 5.01. The van der Waals surface area contributed by atoms with E-state index in [-0.39, 0.29) is 12.0 Å². The van der Waals surface area contributed by atoms with Crippen LogP contribution in [-0.2, 0) is 5.54 Å². The van der Waals surface area contributed by atoms with Crippen LogP contribution >= 0.6 is 0 Å². The number of dihydropyridines is 1. The van der Waals surface area contributed by atoms with Crippen LogP contribution in [0.3, 0.4) is 0 Å². The van der Waals surface area contributed by atoms with Gasteiger partial charge in [0, 0.05) is 5.92 Å². The lowest BCUT2D eigenvalue weighted by molar-refractivity contribution is 0.0992. The molecule has 0 spiro atoms. The molecule has 164 valence electrons. The second kappa shape index (κ2) is 9.19. The van der Waals surface area contributed by atoms with E-state index in [0.717, 1.165) is 35.5 Å². The molecule has 3 atom stereocenters. The van der Waals surface area contributed by atoms with Gasteiger partial charge in [0.1, 0.15) is 5.54 Å². The number of rotatable bonds is 7. The molecule has 2 N–H and O–H groups in total. The molecule has 1 heterocycles. The molecule has 1 fully saturated rings. The largest absolute Gasteiger partial charge is 0.493 e. The van der Waals surface area contributed by atoms with Crippen LogP contribution in [0.5, 0.6) is 11.5 Å². The van der Waals surface area contributed by atoms with Crippen molar-refractivity contribution < 1.29 is 14.6 Å². The van der Waals surface area contributed by atoms with Crippen LogP contribution < -0.4 is 14.8 Å². The van der Waals surface area contributed by atoms with Gasteiger partial charge in [-0.05, 0) is 73.7 Å². The van der Waals surface area contributed by atoms with Crippen LogP contribution in [0.15, 0.2) is 72.5 Å². The Labute approximate surface area is 185 Å². The Morgan fingerprint density at radius 2 is 1.77 bits per heavy atom. The van der Waals surface area contributed by atoms with Crippen LogP contribution in [0.25, 0.3) is 0 Å². The average Bonchev–Trinajstić information content (AvgIpc) is 3.32. The van der Waals surface area contributed by atoms with E-state index in [2.05, 4.69) is 42.6 Å². The second-order valence-electron chi connectivity index (χ2n) is 8.63. The number of hydrogen-bond donors (Lipinski definition) is 2. The molecule has 0 bridgehead atoms. The summed E-state index contributed by atoms with van der Waals surface area (Å²) in [6.45, 7) is 4.04. The first-order valence-electron chi connectivity index (χ1n) is 11.3. The van der Waals surface area contributed by atoms with Gasteiger partial charge >= 0.3 is 0 Å². The van der Waals surface area contributed by atoms with Gasteiger partial charge in [0.25, 0.3) is 0 Å². The molecule has 3 unspecified atom stereocenters. The lowest BCUT2D eigenvalue weighted by Crippen LogP contribution is -2.52. The molecule has 4 rings (SSSR count). The highest BCUT2D eigenvalue weighted by Crippen LogP contribution is 2.45. The maximum Gasteiger partial charge on any atom is 0.161 e. The van der Waals surface area contributed by atoms with Crippen LogP contribution in [0, 0.1) is 0 Å². The molecule has 1 aliphatic carbocycles. The molecule has 4 nitrogen and oxygen atoms in total. The zero-order valence-electron chi connectivity index (χ0n) is 18.7. The highest BCUT2D eigenvalue weighted by Gasteiger charge is 2.43. The van der Waals surface area contributed by atoms with Gasteiger partial charge in [0.15, 0.2) is 11.5 Å². The fourth-order valence-electron chi connectivity index (χ4n) is 5.01. The molecule has 4 heteroatoms. The summed E-state index contributed by atoms with van der Waals surface area (Å²) < 4.78 is 12.0. The average molecular weight is 420 g/mol. The van der Waals surface area contributed by atoms with Crippen LogP contribution in [0.4, 0.5) is 0 Å². The van der Waals surface area contributed by atoms with Crippen molar-refractivity contribution in [2.75, 3.05) is 7.11 Å². The molecule has 1 aliphatic heterocycles. The molecule has 0 aromatic heterocycles. The number of benzene rings is 2. The smallest absolute Gasteiger partial charge is 0.161 e. The van der Waals surface area contributed by atoms with E-state index in [1.54, 1.807) is 7.11 Å². The quantitative estimate of drug-likeness (QED) is 0.627. The van der Waals surface area contributed by atoms with Gasteiger partial charge in [-0.15, -0.1) is 0 Å². The van der Waals surface area contributed by atoms with E-state index in [9.17, 15) is 5.11 Å². The Morgan fingerprint density at radius 3 is 2.45 bits per heavy atom. The maximum atomic E-state index is 11.1. The topological polar surface area (TPSA) is 50.7 Å². The van der Waals surface area contributed by atoms with Crippen molar-refractivity contribution in [1.82, 2.24) is 5.32 Å². The van der Waals surface area contributed by atoms with Gasteiger partial charge in [-0.2, -0.15) is 0 Å². The highest BCUT2D eigenvalue weighted by atomic mass is 16.5. The number of hydrogen-bond acceptors (Lipinski definition) is 4. The van der Waals surface area contributed by atoms with E-state index >= 15 is 0 Å². The molecule has 0 amide bonds. The Bertz CT molecular complexity index is 944. The summed E-state index contributed by atoms with van der Waals surface area (Å²) in [5.74, 6) is 1.59. The van der Waals surface area contributed by atoms with Gasteiger partial charge < -0.3 is 19.9 Å². The third kappa shape index (κ3) is 4.09. The molecular formula is C27H33NO3. The molecule has 0 radical (unpaired) electrons. The van der Waals surface area contributed by atoms with E-state index in [4.69, 9.17) is 9.47 Å². The van der Waals surface area contributed by atoms with Crippen molar-refractivity contribution in [1.29, 1.82) is 0 Å². The van der Waals surface area contributed by atoms with Gasteiger partial charge in [0.2, 0.25) is 0 Å². The summed E-state index contributed by atoms with van der Waals surface area (Å²) in [4.78, 5) is 0. The highest BCUT2D eigenvalue weighted by molar-refractivity contribution is 5.52. The summed E-state index contributed by atoms with van der Waals surface area (Å²) in [5, 5.41) is 14.7. The number of allylic oxidation sites excluding steroid dienone is 2. The van der Waals surface area contributed by atoms with Gasteiger partial charge in [-0.1, -0.05) is 49.4 Å². The van der Waals surface area contributed by atoms with Gasteiger partial charge in [-0.25, -0.2) is 0 Å². The van der Waals surface area contributed by atoms with E-state index in [0.29, 0.717) is 0 Å². The minimum Gasteiger partial charge on any atom is -0.493 e. The van der Waals surface area contributed by atoms with Gasteiger partial charge in [-0.3, -0.25) is 0 Å². The Kier molecular flexibility index (Phi) is 6.38. The summed E-state index contributed by atoms with van der Waals surface area (Å²) in [7, 11) is 1.67. The molecule has 0 saturated heterocycles. The van der Waals surface area contributed by atoms with Crippen LogP contribution in [0.2, 0.25) is 0 Å². The molecule has 1 saturated carbocycles. The van der Waals surface area contributed by atoms with E-state index in [1.807, 2.05) is 43.5 Å². The first-order valence-corrected chi connectivity index (χ1v) is 11.3. The number of aliphatic hydroxyl groups is 1. The third-order valence-electron chi connectivity index (χ3n) is 6.75. The predicted octanol–water partition coefficient (Wildman–Crippen LogP) is 5.44. The van der Waals surface area contributed by atoms with Crippen molar-refractivity contribution in [3.8, 4) is 11.5 Å². The molecule has 31 heavy (non-hydrogen) atoms. The number of nitrogens with one attached hydrogen (secondary N) is 1. The van der Waals surface area contributed by atoms with Gasteiger partial charge in [0.05, 0.1) is 19.3 Å². The maximum absolute atomic E-state index is 11.1. The number of aliphatic hydroxyl groups excluding tert-OH is 1. The predicted molar refractivity (Wildman–Crippen MR) is 124 cm³/mol. The summed E-state index contributed by atoms with van der Waals surface area (Å²) in [6, 6.07) is 16.5. The second-order valence-corrected chi connectivity index (χ2v) is 8.63. The first kappa shape index (κ1) is 21.5. The summed E-state index contributed by atoms with van der Waals surface area (Å²) in [6.07, 6.45) is 10.2. The van der Waals surface area contributed by atoms with E-state index < -0.39 is 11.6 Å². The van der Waals surface area contributed by atoms with Crippen LogP contribution in [0.1, 0.15) is 56.6 Å². The third-order valence-corrected chi connectivity index (χ3v) is 6.75. The summed E-state index contributed by atoms with van der Waals surface area (Å²) in [5.41, 5.74) is 2.54. The standard InChI is InChI=1S/C27H33NO3/c1-19(21-10-5-4-6-11-21)24-14-9-17-28-27(24,20(2)29)22-15-16-25(30-3)26(18-22)31-23-12-7-8-13-23/h4-6,9-11,14-20,23,28-29H,7-8,12-13H2,1-3H3. The van der Waals surface area contributed by atoms with Crippen molar-refractivity contribution >= 4 is 0 Å². The fraction of sp³-hybridized carbons (Fsp3) is 0.407. The SMILES string of the molecule is COc1ccc(C2(C(C)O)NC=CC=C2C(C)c2ccccc2)cc1OC1CCCC1. The number of methoxy groups -OCH3 is 1. The molecule has 2 aromatic carbocycles.